The van der Waals surface area contributed by atoms with Crippen LogP contribution in [0.2, 0.25) is 0 Å². The monoisotopic (exact) mass is 288 g/mol. The van der Waals surface area contributed by atoms with Crippen molar-refractivity contribution in [1.29, 1.82) is 0 Å². The van der Waals surface area contributed by atoms with Crippen molar-refractivity contribution < 1.29 is 8.42 Å². The molecule has 1 atom stereocenters. The Morgan fingerprint density at radius 1 is 1.21 bits per heavy atom. The summed E-state index contributed by atoms with van der Waals surface area (Å²) in [6.07, 6.45) is 4.52. The fourth-order valence-corrected chi connectivity index (χ4v) is 4.07. The third-order valence-corrected chi connectivity index (χ3v) is 5.44. The van der Waals surface area contributed by atoms with E-state index < -0.39 is 10.0 Å². The van der Waals surface area contributed by atoms with E-state index in [0.29, 0.717) is 18.9 Å². The van der Waals surface area contributed by atoms with E-state index in [0.717, 1.165) is 25.6 Å². The fraction of sp³-hybridized carbons (Fsp3) is 1.00. The second-order valence-corrected chi connectivity index (χ2v) is 9.29. The molecule has 1 aliphatic carbocycles. The first kappa shape index (κ1) is 15.3. The first-order valence-electron chi connectivity index (χ1n) is 7.47. The third-order valence-electron chi connectivity index (χ3n) is 4.09. The van der Waals surface area contributed by atoms with Crippen molar-refractivity contribution in [2.75, 3.05) is 25.4 Å². The van der Waals surface area contributed by atoms with E-state index >= 15 is 0 Å². The minimum atomic E-state index is -3.09. The zero-order valence-electron chi connectivity index (χ0n) is 12.5. The van der Waals surface area contributed by atoms with Crippen LogP contribution in [0.25, 0.3) is 0 Å². The van der Waals surface area contributed by atoms with E-state index in [1.165, 1.54) is 12.8 Å². The highest BCUT2D eigenvalue weighted by atomic mass is 32.2. The zero-order valence-corrected chi connectivity index (χ0v) is 13.3. The molecule has 2 rings (SSSR count). The van der Waals surface area contributed by atoms with E-state index in [9.17, 15) is 8.42 Å². The minimum Gasteiger partial charge on any atom is -0.300 e. The Bertz CT molecular complexity index is 396. The Morgan fingerprint density at radius 2 is 1.89 bits per heavy atom. The van der Waals surface area contributed by atoms with Crippen molar-refractivity contribution in [3.05, 3.63) is 0 Å². The van der Waals surface area contributed by atoms with Gasteiger partial charge < -0.3 is 4.90 Å². The number of nitrogens with one attached hydrogen (secondary N) is 1. The Hall–Kier alpha value is -0.130. The molecule has 2 fully saturated rings. The van der Waals surface area contributed by atoms with Crippen molar-refractivity contribution in [1.82, 2.24) is 9.62 Å². The maximum Gasteiger partial charge on any atom is 0.211 e. The molecule has 1 aliphatic heterocycles. The average Bonchev–Trinajstić information content (AvgIpc) is 3.03. The van der Waals surface area contributed by atoms with Gasteiger partial charge >= 0.3 is 0 Å². The summed E-state index contributed by atoms with van der Waals surface area (Å²) in [7, 11) is -3.09. The number of sulfonamides is 1. The van der Waals surface area contributed by atoms with Crippen molar-refractivity contribution in [3.8, 4) is 0 Å². The average molecular weight is 288 g/mol. The van der Waals surface area contributed by atoms with Crippen molar-refractivity contribution in [3.63, 3.8) is 0 Å². The molecule has 1 N–H and O–H groups in total. The lowest BCUT2D eigenvalue weighted by molar-refractivity contribution is 0.314. The standard InChI is InChI=1S/C14H28N2O2S/c1-14(2,3)7-9-19(17,18)15-10-12-6-8-16(11-12)13-4-5-13/h12-13,15H,4-11H2,1-3H3/t12-/m0/s1. The van der Waals surface area contributed by atoms with Gasteiger partial charge in [-0.25, -0.2) is 13.1 Å². The Labute approximate surface area is 118 Å². The smallest absolute Gasteiger partial charge is 0.211 e. The van der Waals surface area contributed by atoms with Gasteiger partial charge in [-0.05, 0) is 43.6 Å². The second-order valence-electron chi connectivity index (χ2n) is 7.36. The number of hydrogen-bond donors (Lipinski definition) is 1. The third kappa shape index (κ3) is 5.40. The van der Waals surface area contributed by atoms with Gasteiger partial charge in [0, 0.05) is 19.1 Å². The fourth-order valence-electron chi connectivity index (χ4n) is 2.56. The number of likely N-dealkylation sites (tertiary alicyclic amines) is 1. The van der Waals surface area contributed by atoms with Gasteiger partial charge in [-0.2, -0.15) is 0 Å². The molecule has 4 nitrogen and oxygen atoms in total. The second kappa shape index (κ2) is 5.70. The number of hydrogen-bond acceptors (Lipinski definition) is 3. The molecule has 112 valence electrons. The molecular formula is C14H28N2O2S. The molecular weight excluding hydrogens is 260 g/mol. The van der Waals surface area contributed by atoms with Gasteiger partial charge in [-0.1, -0.05) is 20.8 Å². The molecule has 0 spiro atoms. The summed E-state index contributed by atoms with van der Waals surface area (Å²) in [5, 5.41) is 0. The first-order chi connectivity index (χ1) is 8.75. The van der Waals surface area contributed by atoms with Crippen LogP contribution < -0.4 is 4.72 Å². The molecule has 1 saturated carbocycles. The SMILES string of the molecule is CC(C)(C)CCS(=O)(=O)NC[C@@H]1CCN(C2CC2)C1. The molecule has 2 aliphatic rings. The molecule has 1 saturated heterocycles. The Kier molecular flexibility index (Phi) is 4.58. The summed E-state index contributed by atoms with van der Waals surface area (Å²) in [5.74, 6) is 0.750. The summed E-state index contributed by atoms with van der Waals surface area (Å²) in [6.45, 7) is 9.08. The quantitative estimate of drug-likeness (QED) is 0.811. The molecule has 0 aromatic rings. The highest BCUT2D eigenvalue weighted by molar-refractivity contribution is 7.89. The molecule has 0 aromatic carbocycles. The Morgan fingerprint density at radius 3 is 2.47 bits per heavy atom. The summed E-state index contributed by atoms with van der Waals surface area (Å²) in [5.41, 5.74) is 0.0743. The van der Waals surface area contributed by atoms with Crippen LogP contribution in [0, 0.1) is 11.3 Å². The maximum atomic E-state index is 11.9. The van der Waals surface area contributed by atoms with Crippen LogP contribution in [0.15, 0.2) is 0 Å². The van der Waals surface area contributed by atoms with E-state index in [2.05, 4.69) is 30.4 Å². The molecule has 5 heteroatoms. The van der Waals surface area contributed by atoms with Gasteiger partial charge in [0.25, 0.3) is 0 Å². The van der Waals surface area contributed by atoms with Gasteiger partial charge in [-0.15, -0.1) is 0 Å². The highest BCUT2D eigenvalue weighted by Crippen LogP contribution is 2.31. The van der Waals surface area contributed by atoms with Crippen LogP contribution in [-0.2, 0) is 10.0 Å². The van der Waals surface area contributed by atoms with E-state index in [4.69, 9.17) is 0 Å². The van der Waals surface area contributed by atoms with Crippen LogP contribution in [0.3, 0.4) is 0 Å². The highest BCUT2D eigenvalue weighted by Gasteiger charge is 2.34. The van der Waals surface area contributed by atoms with Crippen molar-refractivity contribution in [2.24, 2.45) is 11.3 Å². The summed E-state index contributed by atoms with van der Waals surface area (Å²) >= 11 is 0. The number of nitrogens with zero attached hydrogens (tertiary/aromatic N) is 1. The number of rotatable bonds is 6. The molecule has 0 amide bonds. The first-order valence-corrected chi connectivity index (χ1v) is 9.12. The van der Waals surface area contributed by atoms with Crippen LogP contribution in [0.1, 0.15) is 46.5 Å². The summed E-state index contributed by atoms with van der Waals surface area (Å²) < 4.78 is 26.7. The minimum absolute atomic E-state index is 0.0743. The Balaban J connectivity index is 1.69. The molecule has 0 radical (unpaired) electrons. The molecule has 0 unspecified atom stereocenters. The lowest BCUT2D eigenvalue weighted by Crippen LogP contribution is -2.33. The maximum absolute atomic E-state index is 11.9. The van der Waals surface area contributed by atoms with Gasteiger partial charge in [0.15, 0.2) is 0 Å². The lowest BCUT2D eigenvalue weighted by Gasteiger charge is -2.19. The van der Waals surface area contributed by atoms with Crippen molar-refractivity contribution >= 4 is 10.0 Å². The largest absolute Gasteiger partial charge is 0.300 e. The summed E-state index contributed by atoms with van der Waals surface area (Å²) in [4.78, 5) is 2.52. The predicted molar refractivity (Wildman–Crippen MR) is 78.6 cm³/mol. The lowest BCUT2D eigenvalue weighted by atomic mass is 9.94. The normalized spacial score (nSPS) is 25.9. The van der Waals surface area contributed by atoms with E-state index in [1.54, 1.807) is 0 Å². The zero-order chi connectivity index (χ0) is 14.1. The molecule has 0 aromatic heterocycles. The molecule has 0 bridgehead atoms. The van der Waals surface area contributed by atoms with Gasteiger partial charge in [-0.3, -0.25) is 0 Å². The molecule has 1 heterocycles. The van der Waals surface area contributed by atoms with Crippen LogP contribution in [-0.4, -0.2) is 44.7 Å². The van der Waals surface area contributed by atoms with Crippen LogP contribution >= 0.6 is 0 Å². The van der Waals surface area contributed by atoms with E-state index in [1.807, 2.05) is 0 Å². The van der Waals surface area contributed by atoms with Crippen molar-refractivity contribution in [2.45, 2.75) is 52.5 Å². The van der Waals surface area contributed by atoms with Crippen LogP contribution in [0.5, 0.6) is 0 Å². The predicted octanol–water partition coefficient (Wildman–Crippen LogP) is 1.83. The topological polar surface area (TPSA) is 49.4 Å². The van der Waals surface area contributed by atoms with Gasteiger partial charge in [0.05, 0.1) is 5.75 Å². The van der Waals surface area contributed by atoms with Gasteiger partial charge in [0.2, 0.25) is 10.0 Å². The van der Waals surface area contributed by atoms with Crippen LogP contribution in [0.4, 0.5) is 0 Å². The van der Waals surface area contributed by atoms with E-state index in [-0.39, 0.29) is 11.2 Å². The summed E-state index contributed by atoms with van der Waals surface area (Å²) in [6, 6.07) is 0.808. The van der Waals surface area contributed by atoms with Gasteiger partial charge in [0.1, 0.15) is 0 Å². The molecule has 19 heavy (non-hydrogen) atoms.